The van der Waals surface area contributed by atoms with Gasteiger partial charge in [-0.15, -0.1) is 0 Å². The molecule has 0 spiro atoms. The molecule has 1 heteroatoms. The van der Waals surface area contributed by atoms with E-state index >= 15 is 0 Å². The second kappa shape index (κ2) is 5.67. The fourth-order valence-electron chi connectivity index (χ4n) is 2.24. The summed E-state index contributed by atoms with van der Waals surface area (Å²) in [4.78, 5) is 0. The summed E-state index contributed by atoms with van der Waals surface area (Å²) in [5, 5.41) is 0. The number of hydrogen-bond donors (Lipinski definition) is 0. The molecule has 0 nitrogen and oxygen atoms in total. The minimum atomic E-state index is 0.122. The van der Waals surface area contributed by atoms with Gasteiger partial charge in [-0.2, -0.15) is 0 Å². The maximum absolute atomic E-state index is 3.91. The average Bonchev–Trinajstić information content (AvgIpc) is 2.36. The van der Waals surface area contributed by atoms with Crippen LogP contribution in [0.1, 0.15) is 50.3 Å². The molecule has 0 aliphatic rings. The zero-order chi connectivity index (χ0) is 12.2. The smallest absolute Gasteiger partial charge is 0.0503 e. The Labute approximate surface area is 108 Å². The van der Waals surface area contributed by atoms with Gasteiger partial charge in [-0.05, 0) is 36.0 Å². The van der Waals surface area contributed by atoms with Crippen molar-refractivity contribution in [2.45, 2.75) is 44.4 Å². The predicted molar refractivity (Wildman–Crippen MR) is 77.1 cm³/mol. The molecule has 0 aliphatic carbocycles. The van der Waals surface area contributed by atoms with Crippen molar-refractivity contribution in [3.05, 3.63) is 41.5 Å². The van der Waals surface area contributed by atoms with E-state index in [9.17, 15) is 0 Å². The van der Waals surface area contributed by atoms with Crippen LogP contribution < -0.4 is 0 Å². The van der Waals surface area contributed by atoms with Crippen LogP contribution in [0.2, 0.25) is 0 Å². The van der Waals surface area contributed by atoms with Crippen LogP contribution in [0.5, 0.6) is 0 Å². The Kier molecular flexibility index (Phi) is 4.79. The van der Waals surface area contributed by atoms with Crippen LogP contribution in [0, 0.1) is 0 Å². The van der Waals surface area contributed by atoms with Gasteiger partial charge >= 0.3 is 0 Å². The maximum Gasteiger partial charge on any atom is 0.0503 e. The highest BCUT2D eigenvalue weighted by atomic mass is 79.9. The summed E-state index contributed by atoms with van der Waals surface area (Å²) in [6.07, 6.45) is 5.24. The molecule has 1 aromatic rings. The molecule has 0 aliphatic heterocycles. The van der Waals surface area contributed by atoms with Gasteiger partial charge in [0.15, 0.2) is 0 Å². The summed E-state index contributed by atoms with van der Waals surface area (Å²) in [6.45, 7) is 10.6. The van der Waals surface area contributed by atoms with Crippen molar-refractivity contribution in [1.29, 1.82) is 0 Å². The molecule has 0 aromatic heterocycles. The van der Waals surface area contributed by atoms with E-state index in [0.29, 0.717) is 0 Å². The van der Waals surface area contributed by atoms with Crippen molar-refractivity contribution < 1.29 is 0 Å². The van der Waals surface area contributed by atoms with Crippen molar-refractivity contribution in [2.75, 3.05) is 0 Å². The Hall–Kier alpha value is -0.560. The van der Waals surface area contributed by atoms with Crippen molar-refractivity contribution in [1.82, 2.24) is 0 Å². The molecule has 0 fully saturated rings. The second-order valence-corrected chi connectivity index (χ2v) is 5.62. The Morgan fingerprint density at radius 2 is 1.88 bits per heavy atom. The molecule has 0 unspecified atom stereocenters. The summed E-state index contributed by atoms with van der Waals surface area (Å²) in [5.41, 5.74) is 4.13. The first-order valence-corrected chi connectivity index (χ1v) is 6.85. The Morgan fingerprint density at radius 3 is 2.31 bits per heavy atom. The van der Waals surface area contributed by atoms with E-state index in [-0.39, 0.29) is 4.32 Å². The molecule has 0 heterocycles. The largest absolute Gasteiger partial charge is 0.0985 e. The fraction of sp³-hybridized carbons (Fsp3) is 0.467. The lowest BCUT2D eigenvalue weighted by Crippen LogP contribution is -2.18. The molecular weight excluding hydrogens is 260 g/mol. The van der Waals surface area contributed by atoms with Gasteiger partial charge in [-0.25, -0.2) is 0 Å². The molecule has 1 aromatic carbocycles. The van der Waals surface area contributed by atoms with Gasteiger partial charge in [0.25, 0.3) is 0 Å². The maximum atomic E-state index is 3.91. The van der Waals surface area contributed by atoms with Gasteiger partial charge in [0.05, 0.1) is 4.32 Å². The molecule has 16 heavy (non-hydrogen) atoms. The molecule has 0 N–H and O–H groups in total. The lowest BCUT2D eigenvalue weighted by atomic mass is 9.86. The highest BCUT2D eigenvalue weighted by molar-refractivity contribution is 9.09. The van der Waals surface area contributed by atoms with E-state index in [2.05, 4.69) is 61.5 Å². The van der Waals surface area contributed by atoms with Crippen LogP contribution in [0.25, 0.3) is 6.08 Å². The summed E-state index contributed by atoms with van der Waals surface area (Å²) >= 11 is 3.91. The third-order valence-corrected chi connectivity index (χ3v) is 4.94. The van der Waals surface area contributed by atoms with Crippen LogP contribution >= 0.6 is 15.9 Å². The molecule has 1 rings (SSSR count). The minimum Gasteiger partial charge on any atom is -0.0985 e. The monoisotopic (exact) mass is 280 g/mol. The number of halogens is 1. The molecule has 0 amide bonds. The summed E-state index contributed by atoms with van der Waals surface area (Å²) in [7, 11) is 0. The second-order valence-electron chi connectivity index (χ2n) is 4.10. The summed E-state index contributed by atoms with van der Waals surface area (Å²) in [5.74, 6) is 0. The molecule has 0 atom stereocenters. The first-order valence-electron chi connectivity index (χ1n) is 6.06. The minimum absolute atomic E-state index is 0.122. The normalized spacial score (nSPS) is 11.5. The molecule has 0 saturated carbocycles. The van der Waals surface area contributed by atoms with Gasteiger partial charge in [-0.1, -0.05) is 67.6 Å². The van der Waals surface area contributed by atoms with E-state index in [0.717, 1.165) is 19.3 Å². The Bertz CT molecular complexity index is 362. The Balaban J connectivity index is 3.37. The number of hydrogen-bond acceptors (Lipinski definition) is 0. The van der Waals surface area contributed by atoms with Crippen molar-refractivity contribution in [2.24, 2.45) is 0 Å². The fourth-order valence-corrected chi connectivity index (χ4v) is 2.61. The SMILES string of the molecule is C=Cc1cccc(C(Br)(CC)CC)c1CC. The van der Waals surface area contributed by atoms with E-state index in [4.69, 9.17) is 0 Å². The summed E-state index contributed by atoms with van der Waals surface area (Å²) in [6, 6.07) is 6.52. The lowest BCUT2D eigenvalue weighted by Gasteiger charge is -2.28. The van der Waals surface area contributed by atoms with E-state index in [1.165, 1.54) is 16.7 Å². The molecule has 0 bridgehead atoms. The zero-order valence-corrected chi connectivity index (χ0v) is 12.1. The van der Waals surface area contributed by atoms with E-state index in [1.807, 2.05) is 6.08 Å². The van der Waals surface area contributed by atoms with Crippen LogP contribution in [-0.4, -0.2) is 0 Å². The molecular formula is C15H21Br. The first kappa shape index (κ1) is 13.5. The van der Waals surface area contributed by atoms with Crippen LogP contribution in [-0.2, 0) is 10.7 Å². The topological polar surface area (TPSA) is 0 Å². The Morgan fingerprint density at radius 1 is 1.25 bits per heavy atom. The third-order valence-electron chi connectivity index (χ3n) is 3.39. The number of alkyl halides is 1. The van der Waals surface area contributed by atoms with Gasteiger partial charge in [0, 0.05) is 0 Å². The van der Waals surface area contributed by atoms with Crippen molar-refractivity contribution in [3.63, 3.8) is 0 Å². The molecule has 0 radical (unpaired) electrons. The standard InChI is InChI=1S/C15H21Br/c1-5-12-10-9-11-14(13(12)6-2)15(16,7-3)8-4/h5,9-11H,1,6-8H2,2-4H3. The van der Waals surface area contributed by atoms with Crippen molar-refractivity contribution in [3.8, 4) is 0 Å². The lowest BCUT2D eigenvalue weighted by molar-refractivity contribution is 0.588. The van der Waals surface area contributed by atoms with E-state index in [1.54, 1.807) is 0 Å². The van der Waals surface area contributed by atoms with E-state index < -0.39 is 0 Å². The summed E-state index contributed by atoms with van der Waals surface area (Å²) < 4.78 is 0.122. The highest BCUT2D eigenvalue weighted by Gasteiger charge is 2.27. The van der Waals surface area contributed by atoms with Crippen LogP contribution in [0.3, 0.4) is 0 Å². The predicted octanol–water partition coefficient (Wildman–Crippen LogP) is 5.30. The average molecular weight is 281 g/mol. The quantitative estimate of drug-likeness (QED) is 0.642. The molecule has 88 valence electrons. The number of benzene rings is 1. The van der Waals surface area contributed by atoms with Crippen LogP contribution in [0.4, 0.5) is 0 Å². The molecule has 0 saturated heterocycles. The highest BCUT2D eigenvalue weighted by Crippen LogP contribution is 2.40. The zero-order valence-electron chi connectivity index (χ0n) is 10.5. The van der Waals surface area contributed by atoms with Gasteiger partial charge in [0.1, 0.15) is 0 Å². The van der Waals surface area contributed by atoms with Gasteiger partial charge in [-0.3, -0.25) is 0 Å². The third kappa shape index (κ3) is 2.40. The number of rotatable bonds is 5. The first-order chi connectivity index (χ1) is 7.62. The van der Waals surface area contributed by atoms with Gasteiger partial charge in [0.2, 0.25) is 0 Å². The van der Waals surface area contributed by atoms with Crippen molar-refractivity contribution >= 4 is 22.0 Å². The van der Waals surface area contributed by atoms with Crippen LogP contribution in [0.15, 0.2) is 24.8 Å². The van der Waals surface area contributed by atoms with Gasteiger partial charge < -0.3 is 0 Å².